The predicted octanol–water partition coefficient (Wildman–Crippen LogP) is 3.09. The van der Waals surface area contributed by atoms with Crippen LogP contribution >= 0.6 is 0 Å². The van der Waals surface area contributed by atoms with Crippen LogP contribution in [0.15, 0.2) is 0 Å². The van der Waals surface area contributed by atoms with E-state index in [1.165, 1.54) is 30.1 Å². The fourth-order valence-electron chi connectivity index (χ4n) is 3.13. The quantitative estimate of drug-likeness (QED) is 0.869. The van der Waals surface area contributed by atoms with E-state index >= 15 is 0 Å². The van der Waals surface area contributed by atoms with Crippen LogP contribution in [0.3, 0.4) is 0 Å². The van der Waals surface area contributed by atoms with Gasteiger partial charge in [-0.1, -0.05) is 27.7 Å². The van der Waals surface area contributed by atoms with Gasteiger partial charge in [-0.15, -0.1) is 0 Å². The maximum absolute atomic E-state index is 4.89. The first kappa shape index (κ1) is 13.6. The molecule has 2 rings (SSSR count). The van der Waals surface area contributed by atoms with E-state index in [-0.39, 0.29) is 0 Å². The minimum Gasteiger partial charge on any atom is -0.328 e. The van der Waals surface area contributed by atoms with Gasteiger partial charge < -0.3 is 9.88 Å². The molecule has 0 aromatic carbocycles. The molecule has 0 saturated carbocycles. The van der Waals surface area contributed by atoms with Crippen LogP contribution in [0.2, 0.25) is 0 Å². The van der Waals surface area contributed by atoms with Crippen LogP contribution in [0, 0.1) is 5.92 Å². The summed E-state index contributed by atoms with van der Waals surface area (Å²) in [6.07, 6.45) is 4.62. The summed E-state index contributed by atoms with van der Waals surface area (Å²) in [5, 5.41) is 3.43. The molecule has 18 heavy (non-hydrogen) atoms. The number of nitrogens with zero attached hydrogens (tertiary/aromatic N) is 2. The van der Waals surface area contributed by atoms with E-state index < -0.39 is 0 Å². The molecule has 0 amide bonds. The summed E-state index contributed by atoms with van der Waals surface area (Å²) < 4.78 is 2.57. The van der Waals surface area contributed by atoms with Crippen molar-refractivity contribution in [1.82, 2.24) is 14.9 Å². The molecule has 1 aromatic rings. The second kappa shape index (κ2) is 5.87. The van der Waals surface area contributed by atoms with Crippen molar-refractivity contribution in [3.05, 3.63) is 17.2 Å². The number of aromatic nitrogens is 2. The van der Waals surface area contributed by atoms with E-state index in [1.807, 2.05) is 0 Å². The number of fused-ring (bicyclic) bond motifs is 1. The monoisotopic (exact) mass is 249 g/mol. The highest BCUT2D eigenvalue weighted by Crippen LogP contribution is 2.29. The zero-order valence-electron chi connectivity index (χ0n) is 12.3. The number of aryl methyl sites for hydroxylation is 1. The van der Waals surface area contributed by atoms with Crippen molar-refractivity contribution in [2.75, 3.05) is 6.54 Å². The Balaban J connectivity index is 2.44. The Bertz CT molecular complexity index is 393. The van der Waals surface area contributed by atoms with Crippen molar-refractivity contribution in [2.24, 2.45) is 5.92 Å². The smallest absolute Gasteiger partial charge is 0.109 e. The molecule has 0 bridgehead atoms. The largest absolute Gasteiger partial charge is 0.328 e. The van der Waals surface area contributed by atoms with Gasteiger partial charge >= 0.3 is 0 Å². The Morgan fingerprint density at radius 1 is 1.33 bits per heavy atom. The van der Waals surface area contributed by atoms with Gasteiger partial charge in [-0.05, 0) is 18.8 Å². The molecule has 0 spiro atoms. The highest BCUT2D eigenvalue weighted by atomic mass is 15.1. The van der Waals surface area contributed by atoms with E-state index in [0.717, 1.165) is 25.9 Å². The van der Waals surface area contributed by atoms with Gasteiger partial charge in [-0.3, -0.25) is 0 Å². The molecule has 0 radical (unpaired) electrons. The molecule has 1 aromatic heterocycles. The Morgan fingerprint density at radius 3 is 2.72 bits per heavy atom. The number of rotatable bonds is 5. The number of hydrogen-bond acceptors (Lipinski definition) is 2. The molecule has 0 fully saturated rings. The SMILES string of the molecule is CCCc1nc2c(n1C(CC)C(C)C)CCNC2. The molecule has 1 aliphatic heterocycles. The molecule has 3 nitrogen and oxygen atoms in total. The van der Waals surface area contributed by atoms with E-state index in [9.17, 15) is 0 Å². The summed E-state index contributed by atoms with van der Waals surface area (Å²) in [6.45, 7) is 11.3. The molecule has 1 aliphatic rings. The molecule has 0 saturated heterocycles. The van der Waals surface area contributed by atoms with Gasteiger partial charge in [0.05, 0.1) is 5.69 Å². The van der Waals surface area contributed by atoms with Gasteiger partial charge in [-0.2, -0.15) is 0 Å². The lowest BCUT2D eigenvalue weighted by Gasteiger charge is -2.27. The number of hydrogen-bond donors (Lipinski definition) is 1. The molecule has 1 N–H and O–H groups in total. The molecule has 3 heteroatoms. The molecular formula is C15H27N3. The summed E-state index contributed by atoms with van der Waals surface area (Å²) in [5.41, 5.74) is 2.79. The third-order valence-electron chi connectivity index (χ3n) is 3.99. The van der Waals surface area contributed by atoms with E-state index in [1.54, 1.807) is 0 Å². The third kappa shape index (κ3) is 2.46. The van der Waals surface area contributed by atoms with Crippen LogP contribution in [0.5, 0.6) is 0 Å². The normalized spacial score (nSPS) is 16.9. The Hall–Kier alpha value is -0.830. The van der Waals surface area contributed by atoms with Crippen molar-refractivity contribution >= 4 is 0 Å². The van der Waals surface area contributed by atoms with Crippen LogP contribution in [-0.4, -0.2) is 16.1 Å². The molecule has 0 aliphatic carbocycles. The topological polar surface area (TPSA) is 29.9 Å². The molecule has 1 atom stereocenters. The van der Waals surface area contributed by atoms with Crippen molar-refractivity contribution < 1.29 is 0 Å². The Morgan fingerprint density at radius 2 is 2.11 bits per heavy atom. The minimum atomic E-state index is 0.612. The van der Waals surface area contributed by atoms with Gasteiger partial charge in [0, 0.05) is 37.7 Å². The fraction of sp³-hybridized carbons (Fsp3) is 0.800. The summed E-state index contributed by atoms with van der Waals surface area (Å²) in [5.74, 6) is 1.99. The average Bonchev–Trinajstić information content (AvgIpc) is 2.69. The van der Waals surface area contributed by atoms with Crippen LogP contribution in [-0.2, 0) is 19.4 Å². The fourth-order valence-corrected chi connectivity index (χ4v) is 3.13. The van der Waals surface area contributed by atoms with Crippen molar-refractivity contribution in [3.63, 3.8) is 0 Å². The van der Waals surface area contributed by atoms with Gasteiger partial charge in [-0.25, -0.2) is 4.98 Å². The zero-order valence-corrected chi connectivity index (χ0v) is 12.3. The maximum atomic E-state index is 4.89. The van der Waals surface area contributed by atoms with Crippen LogP contribution in [0.1, 0.15) is 63.8 Å². The lowest BCUT2D eigenvalue weighted by Crippen LogP contribution is -2.27. The number of nitrogens with one attached hydrogen (secondary N) is 1. The highest BCUT2D eigenvalue weighted by molar-refractivity contribution is 5.21. The van der Waals surface area contributed by atoms with Gasteiger partial charge in [0.25, 0.3) is 0 Å². The molecule has 1 unspecified atom stereocenters. The van der Waals surface area contributed by atoms with Crippen molar-refractivity contribution in [2.45, 2.75) is 66.0 Å². The summed E-state index contributed by atoms with van der Waals surface area (Å²) >= 11 is 0. The number of imidazole rings is 1. The second-order valence-corrected chi connectivity index (χ2v) is 5.69. The predicted molar refractivity (Wildman–Crippen MR) is 75.8 cm³/mol. The van der Waals surface area contributed by atoms with E-state index in [0.29, 0.717) is 12.0 Å². The first-order valence-electron chi connectivity index (χ1n) is 7.48. The Labute approximate surface area is 111 Å². The zero-order chi connectivity index (χ0) is 13.1. The van der Waals surface area contributed by atoms with Crippen molar-refractivity contribution in [1.29, 1.82) is 0 Å². The standard InChI is InChI=1S/C15H27N3/c1-5-7-15-17-12-10-16-9-8-14(12)18(15)13(6-2)11(3)4/h11,13,16H,5-10H2,1-4H3. The Kier molecular flexibility index (Phi) is 4.44. The first-order chi connectivity index (χ1) is 8.69. The van der Waals surface area contributed by atoms with Gasteiger partial charge in [0.15, 0.2) is 0 Å². The summed E-state index contributed by atoms with van der Waals surface area (Å²) in [4.78, 5) is 4.89. The molecule has 2 heterocycles. The minimum absolute atomic E-state index is 0.612. The van der Waals surface area contributed by atoms with Crippen molar-refractivity contribution in [3.8, 4) is 0 Å². The summed E-state index contributed by atoms with van der Waals surface area (Å²) in [6, 6.07) is 0.612. The van der Waals surface area contributed by atoms with Gasteiger partial charge in [0.1, 0.15) is 5.82 Å². The molecular weight excluding hydrogens is 222 g/mol. The third-order valence-corrected chi connectivity index (χ3v) is 3.99. The van der Waals surface area contributed by atoms with E-state index in [4.69, 9.17) is 4.98 Å². The average molecular weight is 249 g/mol. The maximum Gasteiger partial charge on any atom is 0.109 e. The van der Waals surface area contributed by atoms with Crippen LogP contribution in [0.4, 0.5) is 0 Å². The molecule has 102 valence electrons. The van der Waals surface area contributed by atoms with Gasteiger partial charge in [0.2, 0.25) is 0 Å². The first-order valence-corrected chi connectivity index (χ1v) is 7.48. The van der Waals surface area contributed by atoms with Crippen LogP contribution in [0.25, 0.3) is 0 Å². The van der Waals surface area contributed by atoms with Crippen LogP contribution < -0.4 is 5.32 Å². The van der Waals surface area contributed by atoms with E-state index in [2.05, 4.69) is 37.6 Å². The lowest BCUT2D eigenvalue weighted by molar-refractivity contribution is 0.345. The lowest BCUT2D eigenvalue weighted by atomic mass is 10.00. The second-order valence-electron chi connectivity index (χ2n) is 5.69. The highest BCUT2D eigenvalue weighted by Gasteiger charge is 2.25. The summed E-state index contributed by atoms with van der Waals surface area (Å²) in [7, 11) is 0.